The van der Waals surface area contributed by atoms with Crippen molar-refractivity contribution in [1.29, 1.82) is 0 Å². The number of amides is 1. The van der Waals surface area contributed by atoms with Gasteiger partial charge in [0.05, 0.1) is 0 Å². The van der Waals surface area contributed by atoms with Gasteiger partial charge < -0.3 is 11.1 Å². The van der Waals surface area contributed by atoms with Gasteiger partial charge in [-0.3, -0.25) is 9.78 Å². The predicted molar refractivity (Wildman–Crippen MR) is 105 cm³/mol. The molecule has 26 heavy (non-hydrogen) atoms. The first-order valence-corrected chi connectivity index (χ1v) is 8.94. The second-order valence-corrected chi connectivity index (χ2v) is 6.92. The standard InChI is InChI=1S/C16H20N4O3S.2ClH/c17-15(13-5-2-1-3-6-13)12-19-16(21)8-10-20-24(22,23)14-7-4-9-18-11-14;;/h1-7,9,11,15,20H,8,10,12,17H2,(H,19,21);2*1H. The van der Waals surface area contributed by atoms with Crippen LogP contribution in [0, 0.1) is 0 Å². The SMILES string of the molecule is Cl.Cl.NC(CNC(=O)CCNS(=O)(=O)c1cccnc1)c1ccccc1. The lowest BCUT2D eigenvalue weighted by Crippen LogP contribution is -2.34. The van der Waals surface area contributed by atoms with Gasteiger partial charge in [0, 0.05) is 37.9 Å². The summed E-state index contributed by atoms with van der Waals surface area (Å²) in [4.78, 5) is 15.6. The van der Waals surface area contributed by atoms with Crippen molar-refractivity contribution < 1.29 is 13.2 Å². The Morgan fingerprint density at radius 2 is 1.81 bits per heavy atom. The Morgan fingerprint density at radius 3 is 2.42 bits per heavy atom. The summed E-state index contributed by atoms with van der Waals surface area (Å²) in [7, 11) is -3.65. The molecule has 2 rings (SSSR count). The number of sulfonamides is 1. The Bertz CT molecular complexity index is 762. The lowest BCUT2D eigenvalue weighted by Gasteiger charge is -2.13. The van der Waals surface area contributed by atoms with Gasteiger partial charge in [-0.1, -0.05) is 30.3 Å². The number of nitrogens with one attached hydrogen (secondary N) is 2. The van der Waals surface area contributed by atoms with E-state index >= 15 is 0 Å². The minimum absolute atomic E-state index is 0. The van der Waals surface area contributed by atoms with Gasteiger partial charge in [0.2, 0.25) is 15.9 Å². The van der Waals surface area contributed by atoms with Crippen molar-refractivity contribution in [3.05, 3.63) is 60.4 Å². The molecule has 0 fully saturated rings. The normalized spacial score (nSPS) is 11.6. The summed E-state index contributed by atoms with van der Waals surface area (Å²) in [5.41, 5.74) is 6.91. The summed E-state index contributed by atoms with van der Waals surface area (Å²) >= 11 is 0. The van der Waals surface area contributed by atoms with Crippen molar-refractivity contribution in [2.75, 3.05) is 13.1 Å². The molecule has 2 aromatic rings. The van der Waals surface area contributed by atoms with E-state index in [2.05, 4.69) is 15.0 Å². The molecule has 0 aliphatic carbocycles. The number of aromatic nitrogens is 1. The summed E-state index contributed by atoms with van der Waals surface area (Å²) in [6.07, 6.45) is 2.77. The maximum Gasteiger partial charge on any atom is 0.242 e. The van der Waals surface area contributed by atoms with Gasteiger partial charge in [0.1, 0.15) is 4.90 Å². The molecule has 7 nitrogen and oxygen atoms in total. The molecule has 1 aromatic heterocycles. The number of benzene rings is 1. The number of pyridine rings is 1. The zero-order valence-corrected chi connectivity index (χ0v) is 16.3. The highest BCUT2D eigenvalue weighted by atomic mass is 35.5. The Hall–Kier alpha value is -1.71. The maximum absolute atomic E-state index is 12.0. The average Bonchev–Trinajstić information content (AvgIpc) is 2.61. The molecule has 4 N–H and O–H groups in total. The van der Waals surface area contributed by atoms with E-state index in [1.807, 2.05) is 30.3 Å². The van der Waals surface area contributed by atoms with Crippen molar-refractivity contribution in [3.8, 4) is 0 Å². The Kier molecular flexibility index (Phi) is 11.0. The van der Waals surface area contributed by atoms with E-state index in [1.165, 1.54) is 24.5 Å². The maximum atomic E-state index is 12.0. The van der Waals surface area contributed by atoms with Crippen LogP contribution in [0.4, 0.5) is 0 Å². The zero-order valence-electron chi connectivity index (χ0n) is 13.9. The highest BCUT2D eigenvalue weighted by molar-refractivity contribution is 7.89. The summed E-state index contributed by atoms with van der Waals surface area (Å²) in [6.45, 7) is 0.293. The number of carbonyl (C=O) groups is 1. The van der Waals surface area contributed by atoms with Gasteiger partial charge in [0.15, 0.2) is 0 Å². The molecule has 1 aromatic carbocycles. The summed E-state index contributed by atoms with van der Waals surface area (Å²) in [6, 6.07) is 12.1. The average molecular weight is 421 g/mol. The van der Waals surface area contributed by atoms with Crippen LogP contribution in [0.3, 0.4) is 0 Å². The fourth-order valence-electron chi connectivity index (χ4n) is 2.02. The number of nitrogens with two attached hydrogens (primary N) is 1. The van der Waals surface area contributed by atoms with Crippen LogP contribution in [0.1, 0.15) is 18.0 Å². The van der Waals surface area contributed by atoms with E-state index in [0.717, 1.165) is 5.56 Å². The Balaban J connectivity index is 0.00000312. The third kappa shape index (κ3) is 7.67. The second-order valence-electron chi connectivity index (χ2n) is 5.16. The van der Waals surface area contributed by atoms with E-state index in [0.29, 0.717) is 0 Å². The predicted octanol–water partition coefficient (Wildman–Crippen LogP) is 1.41. The molecule has 0 saturated heterocycles. The largest absolute Gasteiger partial charge is 0.354 e. The minimum Gasteiger partial charge on any atom is -0.354 e. The number of rotatable bonds is 8. The van der Waals surface area contributed by atoms with Gasteiger partial charge in [-0.05, 0) is 17.7 Å². The van der Waals surface area contributed by atoms with Crippen LogP contribution in [-0.2, 0) is 14.8 Å². The molecule has 0 bridgehead atoms. The fourth-order valence-corrected chi connectivity index (χ4v) is 3.01. The van der Waals surface area contributed by atoms with Crippen molar-refractivity contribution in [3.63, 3.8) is 0 Å². The number of hydrogen-bond donors (Lipinski definition) is 3. The van der Waals surface area contributed by atoms with E-state index in [1.54, 1.807) is 0 Å². The monoisotopic (exact) mass is 420 g/mol. The fraction of sp³-hybridized carbons (Fsp3) is 0.250. The summed E-state index contributed by atoms with van der Waals surface area (Å²) < 4.78 is 26.3. The van der Waals surface area contributed by atoms with Crippen LogP contribution in [0.15, 0.2) is 59.8 Å². The highest BCUT2D eigenvalue weighted by Gasteiger charge is 2.14. The molecule has 0 aliphatic rings. The third-order valence-electron chi connectivity index (χ3n) is 3.34. The van der Waals surface area contributed by atoms with Crippen LogP contribution in [0.2, 0.25) is 0 Å². The quantitative estimate of drug-likeness (QED) is 0.596. The first kappa shape index (κ1) is 24.3. The highest BCUT2D eigenvalue weighted by Crippen LogP contribution is 2.08. The molecule has 0 spiro atoms. The van der Waals surface area contributed by atoms with Crippen molar-refractivity contribution in [2.45, 2.75) is 17.4 Å². The van der Waals surface area contributed by atoms with Crippen molar-refractivity contribution in [2.24, 2.45) is 5.73 Å². The van der Waals surface area contributed by atoms with E-state index in [4.69, 9.17) is 5.73 Å². The number of carbonyl (C=O) groups excluding carboxylic acids is 1. The first-order valence-electron chi connectivity index (χ1n) is 7.46. The third-order valence-corrected chi connectivity index (χ3v) is 4.78. The van der Waals surface area contributed by atoms with E-state index in [9.17, 15) is 13.2 Å². The van der Waals surface area contributed by atoms with Crippen LogP contribution >= 0.6 is 24.8 Å². The number of halogens is 2. The van der Waals surface area contributed by atoms with Gasteiger partial charge in [0.25, 0.3) is 0 Å². The molecular weight excluding hydrogens is 399 g/mol. The Morgan fingerprint density at radius 1 is 1.12 bits per heavy atom. The number of hydrogen-bond acceptors (Lipinski definition) is 5. The topological polar surface area (TPSA) is 114 Å². The lowest BCUT2D eigenvalue weighted by molar-refractivity contribution is -0.121. The minimum atomic E-state index is -3.65. The molecular formula is C16H22Cl2N4O3S. The molecule has 144 valence electrons. The van der Waals surface area contributed by atoms with Gasteiger partial charge in [-0.25, -0.2) is 13.1 Å². The number of nitrogens with zero attached hydrogens (tertiary/aromatic N) is 1. The molecule has 1 unspecified atom stereocenters. The van der Waals surface area contributed by atoms with Crippen LogP contribution in [0.5, 0.6) is 0 Å². The van der Waals surface area contributed by atoms with Crippen LogP contribution in [-0.4, -0.2) is 32.4 Å². The van der Waals surface area contributed by atoms with Gasteiger partial charge in [-0.2, -0.15) is 0 Å². The zero-order chi connectivity index (χ0) is 17.4. The second kappa shape index (κ2) is 11.8. The van der Waals surface area contributed by atoms with Gasteiger partial charge >= 0.3 is 0 Å². The van der Waals surface area contributed by atoms with Crippen molar-refractivity contribution >= 4 is 40.7 Å². The summed E-state index contributed by atoms with van der Waals surface area (Å²) in [5.74, 6) is -0.268. The Labute approximate surface area is 165 Å². The van der Waals surface area contributed by atoms with Crippen molar-refractivity contribution in [1.82, 2.24) is 15.0 Å². The smallest absolute Gasteiger partial charge is 0.242 e. The van der Waals surface area contributed by atoms with E-state index < -0.39 is 10.0 Å². The molecule has 1 amide bonds. The molecule has 1 atom stereocenters. The first-order chi connectivity index (χ1) is 11.5. The van der Waals surface area contributed by atoms with Crippen LogP contribution in [0.25, 0.3) is 0 Å². The molecule has 10 heteroatoms. The lowest BCUT2D eigenvalue weighted by atomic mass is 10.1. The van der Waals surface area contributed by atoms with E-state index in [-0.39, 0.29) is 61.2 Å². The summed E-state index contributed by atoms with van der Waals surface area (Å²) in [5, 5.41) is 2.70. The molecule has 0 saturated carbocycles. The van der Waals surface area contributed by atoms with Gasteiger partial charge in [-0.15, -0.1) is 24.8 Å². The molecule has 0 aliphatic heterocycles. The van der Waals surface area contributed by atoms with Crippen LogP contribution < -0.4 is 15.8 Å². The molecule has 1 heterocycles. The molecule has 0 radical (unpaired) electrons.